The Balaban J connectivity index is 0.000000956. The normalized spacial score (nSPS) is 17.2. The number of amides is 1. The van der Waals surface area contributed by atoms with Gasteiger partial charge in [0.15, 0.2) is 0 Å². The third-order valence-corrected chi connectivity index (χ3v) is 6.52. The Labute approximate surface area is 224 Å². The molecule has 0 N–H and O–H groups in total. The molecule has 1 saturated heterocycles. The third-order valence-electron chi connectivity index (χ3n) is 6.52. The first kappa shape index (κ1) is 28.7. The number of aromatic nitrogens is 5. The summed E-state index contributed by atoms with van der Waals surface area (Å²) < 4.78 is 13.5. The van der Waals surface area contributed by atoms with Crippen LogP contribution in [0.3, 0.4) is 0 Å². The Morgan fingerprint density at radius 2 is 1.68 bits per heavy atom. The third kappa shape index (κ3) is 6.15. The molecule has 1 aliphatic rings. The van der Waals surface area contributed by atoms with Crippen molar-refractivity contribution in [2.75, 3.05) is 24.5 Å². The lowest BCUT2D eigenvalue weighted by Gasteiger charge is -2.30. The highest BCUT2D eigenvalue weighted by molar-refractivity contribution is 5.98. The van der Waals surface area contributed by atoms with Gasteiger partial charge in [-0.3, -0.25) is 4.79 Å². The summed E-state index contributed by atoms with van der Waals surface area (Å²) >= 11 is 0. The number of hydrogen-bond acceptors (Lipinski definition) is 6. The highest BCUT2D eigenvalue weighted by atomic mass is 19.1. The van der Waals surface area contributed by atoms with Crippen molar-refractivity contribution >= 4 is 22.8 Å². The fourth-order valence-corrected chi connectivity index (χ4v) is 4.44. The summed E-state index contributed by atoms with van der Waals surface area (Å²) in [5.74, 6) is 0.405. The molecule has 2 unspecified atom stereocenters. The van der Waals surface area contributed by atoms with Gasteiger partial charge in [0, 0.05) is 37.3 Å². The van der Waals surface area contributed by atoms with Gasteiger partial charge in [0.1, 0.15) is 5.82 Å². The van der Waals surface area contributed by atoms with Crippen molar-refractivity contribution in [2.45, 2.75) is 54.5 Å². The summed E-state index contributed by atoms with van der Waals surface area (Å²) in [6.07, 6.45) is 4.85. The van der Waals surface area contributed by atoms with Crippen LogP contribution in [-0.2, 0) is 0 Å². The van der Waals surface area contributed by atoms with E-state index in [9.17, 15) is 9.18 Å². The number of anilines is 1. The number of benzene rings is 2. The molecular formula is C29H38FN7O. The zero-order valence-corrected chi connectivity index (χ0v) is 23.4. The smallest absolute Gasteiger partial charge is 0.256 e. The molecule has 0 radical (unpaired) electrons. The van der Waals surface area contributed by atoms with Crippen molar-refractivity contribution in [3.05, 3.63) is 71.9 Å². The minimum Gasteiger partial charge on any atom is -0.336 e. The summed E-state index contributed by atoms with van der Waals surface area (Å²) in [7, 11) is 0. The Morgan fingerprint density at radius 3 is 2.39 bits per heavy atom. The van der Waals surface area contributed by atoms with Crippen molar-refractivity contribution in [1.29, 1.82) is 0 Å². The van der Waals surface area contributed by atoms with Crippen molar-refractivity contribution < 1.29 is 9.18 Å². The molecule has 202 valence electrons. The van der Waals surface area contributed by atoms with Crippen LogP contribution in [0.1, 0.15) is 57.5 Å². The molecule has 0 bridgehead atoms. The SMILES string of the molecule is CC.CC.Cc1ccc(-n2nccn2)c(C(=O)N2CCN(c3ncc4cc(F)ccc4n3)C(C)C(C)C2)c1. The molecule has 2 aromatic carbocycles. The zero-order chi connectivity index (χ0) is 27.8. The van der Waals surface area contributed by atoms with E-state index in [0.29, 0.717) is 47.7 Å². The lowest BCUT2D eigenvalue weighted by atomic mass is 10.0. The van der Waals surface area contributed by atoms with Gasteiger partial charge in [-0.15, -0.1) is 0 Å². The number of aryl methyl sites for hydroxylation is 1. The Kier molecular flexibility index (Phi) is 9.87. The maximum atomic E-state index is 13.7. The van der Waals surface area contributed by atoms with Gasteiger partial charge < -0.3 is 9.80 Å². The molecule has 38 heavy (non-hydrogen) atoms. The number of rotatable bonds is 3. The molecular weight excluding hydrogens is 481 g/mol. The summed E-state index contributed by atoms with van der Waals surface area (Å²) in [5, 5.41) is 9.10. The van der Waals surface area contributed by atoms with Crippen molar-refractivity contribution in [3.8, 4) is 5.69 Å². The molecule has 2 atom stereocenters. The summed E-state index contributed by atoms with van der Waals surface area (Å²) in [6.45, 7) is 15.9. The lowest BCUT2D eigenvalue weighted by Crippen LogP contribution is -2.39. The molecule has 9 heteroatoms. The van der Waals surface area contributed by atoms with E-state index < -0.39 is 0 Å². The van der Waals surface area contributed by atoms with E-state index in [-0.39, 0.29) is 23.7 Å². The zero-order valence-electron chi connectivity index (χ0n) is 23.4. The van der Waals surface area contributed by atoms with Gasteiger partial charge in [0.2, 0.25) is 5.95 Å². The molecule has 8 nitrogen and oxygen atoms in total. The molecule has 3 heterocycles. The number of carbonyl (C=O) groups is 1. The van der Waals surface area contributed by atoms with E-state index in [1.807, 2.05) is 57.7 Å². The molecule has 0 aliphatic carbocycles. The molecule has 5 rings (SSSR count). The monoisotopic (exact) mass is 519 g/mol. The molecule has 1 amide bonds. The Bertz CT molecular complexity index is 1340. The largest absolute Gasteiger partial charge is 0.336 e. The van der Waals surface area contributed by atoms with Crippen LogP contribution in [0.25, 0.3) is 16.6 Å². The van der Waals surface area contributed by atoms with Crippen LogP contribution in [0.2, 0.25) is 0 Å². The molecule has 0 saturated carbocycles. The molecule has 2 aromatic heterocycles. The summed E-state index contributed by atoms with van der Waals surface area (Å²) in [5.41, 5.74) is 2.93. The van der Waals surface area contributed by atoms with Crippen LogP contribution in [0.4, 0.5) is 10.3 Å². The minimum atomic E-state index is -0.310. The fraction of sp³-hybridized carbons (Fsp3) is 0.414. The summed E-state index contributed by atoms with van der Waals surface area (Å²) in [6, 6.07) is 10.3. The van der Waals surface area contributed by atoms with E-state index in [1.165, 1.54) is 16.9 Å². The first-order valence-corrected chi connectivity index (χ1v) is 13.4. The fourth-order valence-electron chi connectivity index (χ4n) is 4.44. The maximum Gasteiger partial charge on any atom is 0.256 e. The van der Waals surface area contributed by atoms with Gasteiger partial charge >= 0.3 is 0 Å². The minimum absolute atomic E-state index is 0.0493. The highest BCUT2D eigenvalue weighted by Crippen LogP contribution is 2.25. The van der Waals surface area contributed by atoms with E-state index in [2.05, 4.69) is 38.9 Å². The highest BCUT2D eigenvalue weighted by Gasteiger charge is 2.31. The second-order valence-corrected chi connectivity index (χ2v) is 8.87. The summed E-state index contributed by atoms with van der Waals surface area (Å²) in [4.78, 5) is 28.4. The molecule has 4 aromatic rings. The van der Waals surface area contributed by atoms with Crippen LogP contribution in [-0.4, -0.2) is 61.4 Å². The quantitative estimate of drug-likeness (QED) is 0.346. The topological polar surface area (TPSA) is 80.0 Å². The van der Waals surface area contributed by atoms with E-state index in [1.54, 1.807) is 24.7 Å². The van der Waals surface area contributed by atoms with Gasteiger partial charge in [-0.05, 0) is 50.1 Å². The number of carbonyl (C=O) groups excluding carboxylic acids is 1. The van der Waals surface area contributed by atoms with E-state index in [4.69, 9.17) is 0 Å². The van der Waals surface area contributed by atoms with Crippen LogP contribution < -0.4 is 4.90 Å². The van der Waals surface area contributed by atoms with Crippen LogP contribution in [0.5, 0.6) is 0 Å². The number of fused-ring (bicyclic) bond motifs is 1. The van der Waals surface area contributed by atoms with Gasteiger partial charge in [-0.25, -0.2) is 14.4 Å². The molecule has 1 aliphatic heterocycles. The van der Waals surface area contributed by atoms with Gasteiger partial charge in [0.05, 0.1) is 29.2 Å². The van der Waals surface area contributed by atoms with Crippen molar-refractivity contribution in [3.63, 3.8) is 0 Å². The standard InChI is InChI=1S/C25H26FN7O.2C2H6/c1-16-4-7-23(33-28-8-9-29-33)21(12-16)24(34)31-10-11-32(18(3)17(2)15-31)25-27-14-19-13-20(26)5-6-22(19)30-25;2*1-2/h4-9,12-14,17-18H,10-11,15H2,1-3H3;2*1-2H3. The average Bonchev–Trinajstić information content (AvgIpc) is 3.44. The second kappa shape index (κ2) is 13.1. The van der Waals surface area contributed by atoms with Crippen molar-refractivity contribution in [1.82, 2.24) is 29.9 Å². The molecule has 0 spiro atoms. The lowest BCUT2D eigenvalue weighted by molar-refractivity contribution is 0.0747. The van der Waals surface area contributed by atoms with Crippen LogP contribution in [0.15, 0.2) is 55.0 Å². The van der Waals surface area contributed by atoms with Crippen LogP contribution >= 0.6 is 0 Å². The molecule has 1 fully saturated rings. The van der Waals surface area contributed by atoms with Crippen molar-refractivity contribution in [2.24, 2.45) is 5.92 Å². The first-order valence-electron chi connectivity index (χ1n) is 13.4. The van der Waals surface area contributed by atoms with Gasteiger partial charge in [0.25, 0.3) is 5.91 Å². The predicted molar refractivity (Wildman–Crippen MR) is 150 cm³/mol. The average molecular weight is 520 g/mol. The second-order valence-electron chi connectivity index (χ2n) is 8.87. The van der Waals surface area contributed by atoms with Gasteiger partial charge in [-0.2, -0.15) is 15.0 Å². The maximum absolute atomic E-state index is 13.7. The Hall–Kier alpha value is -3.88. The van der Waals surface area contributed by atoms with Gasteiger partial charge in [-0.1, -0.05) is 46.2 Å². The number of halogens is 1. The number of nitrogens with zero attached hydrogens (tertiary/aromatic N) is 7. The van der Waals surface area contributed by atoms with Crippen LogP contribution in [0, 0.1) is 18.7 Å². The Morgan fingerprint density at radius 1 is 0.974 bits per heavy atom. The predicted octanol–water partition coefficient (Wildman–Crippen LogP) is 5.70. The first-order chi connectivity index (χ1) is 18.4. The van der Waals surface area contributed by atoms with E-state index in [0.717, 1.165) is 5.56 Å². The number of hydrogen-bond donors (Lipinski definition) is 0. The van der Waals surface area contributed by atoms with E-state index >= 15 is 0 Å².